The third-order valence-electron chi connectivity index (χ3n) is 1.50. The molecule has 0 unspecified atom stereocenters. The number of carbonyl (C=O) groups excluding carboxylic acids is 1. The quantitative estimate of drug-likeness (QED) is 0.540. The Balaban J connectivity index is 3.41. The molecule has 0 aliphatic heterocycles. The van der Waals surface area contributed by atoms with Gasteiger partial charge in [-0.15, -0.1) is 0 Å². The van der Waals surface area contributed by atoms with E-state index in [0.717, 1.165) is 0 Å². The van der Waals surface area contributed by atoms with E-state index >= 15 is 0 Å². The van der Waals surface area contributed by atoms with E-state index in [-0.39, 0.29) is 6.29 Å². The van der Waals surface area contributed by atoms with Gasteiger partial charge < -0.3 is 0 Å². The first-order valence-electron chi connectivity index (χ1n) is 3.44. The van der Waals surface area contributed by atoms with Gasteiger partial charge in [-0.05, 0) is 6.07 Å². The number of hydrogen-bond donors (Lipinski definition) is 0. The van der Waals surface area contributed by atoms with E-state index < -0.39 is 29.2 Å². The summed E-state index contributed by atoms with van der Waals surface area (Å²) >= 11 is 0. The molecule has 1 rings (SSSR count). The lowest BCUT2D eigenvalue weighted by Gasteiger charge is -2.03. The Hall–Kier alpha value is -1.90. The lowest BCUT2D eigenvalue weighted by molar-refractivity contribution is 0.110. The zero-order valence-corrected chi connectivity index (χ0v) is 6.67. The maximum absolute atomic E-state index is 12.7. The largest absolute Gasteiger partial charge is 0.296 e. The van der Waals surface area contributed by atoms with Crippen LogP contribution in [0.15, 0.2) is 6.07 Å². The summed E-state index contributed by atoms with van der Waals surface area (Å²) in [4.78, 5) is 13.2. The minimum absolute atomic E-state index is 0.0196. The first-order valence-corrected chi connectivity index (χ1v) is 3.44. The zero-order chi connectivity index (χ0) is 10.7. The van der Waals surface area contributed by atoms with E-state index in [1.165, 1.54) is 6.07 Å². The van der Waals surface area contributed by atoms with Crippen LogP contribution in [0.3, 0.4) is 0 Å². The van der Waals surface area contributed by atoms with Gasteiger partial charge in [-0.2, -0.15) is 9.65 Å². The van der Waals surface area contributed by atoms with Crippen LogP contribution in [0.5, 0.6) is 0 Å². The molecule has 72 valence electrons. The molecule has 0 amide bonds. The summed E-state index contributed by atoms with van der Waals surface area (Å²) in [5.74, 6) is -1.22. The Labute approximate surface area is 76.8 Å². The van der Waals surface area contributed by atoms with Gasteiger partial charge in [0.1, 0.15) is 17.3 Å². The van der Waals surface area contributed by atoms with Gasteiger partial charge in [0, 0.05) is 5.56 Å². The Morgan fingerprint density at radius 1 is 1.57 bits per heavy atom. The molecule has 3 nitrogen and oxygen atoms in total. The molecule has 0 spiro atoms. The van der Waals surface area contributed by atoms with Crippen molar-refractivity contribution in [2.24, 2.45) is 0 Å². The molecule has 0 aliphatic carbocycles. The number of carbonyl (C=O) groups is 1. The van der Waals surface area contributed by atoms with Crippen LogP contribution in [0.1, 0.15) is 28.0 Å². The second-order valence-electron chi connectivity index (χ2n) is 2.33. The van der Waals surface area contributed by atoms with Crippen LogP contribution in [-0.2, 0) is 0 Å². The van der Waals surface area contributed by atoms with E-state index in [1.54, 1.807) is 0 Å². The number of nitrogens with zero attached hydrogens (tertiary/aromatic N) is 2. The molecule has 14 heavy (non-hydrogen) atoms. The second-order valence-corrected chi connectivity index (χ2v) is 2.33. The molecule has 0 fully saturated rings. The maximum Gasteiger partial charge on any atom is 0.266 e. The average molecular weight is 200 g/mol. The van der Waals surface area contributed by atoms with E-state index in [0.29, 0.717) is 6.07 Å². The molecule has 0 N–H and O–H groups in total. The van der Waals surface area contributed by atoms with E-state index in [2.05, 4.69) is 4.98 Å². The minimum Gasteiger partial charge on any atom is -0.296 e. The standard InChI is InChI=1S/C8H3F3N2O/c9-7(10)5-1-4(2-12)8(11)13-6(5)3-14/h1,3,7H. The average Bonchev–Trinajstić information content (AvgIpc) is 2.16. The number of rotatable bonds is 2. The Morgan fingerprint density at radius 2 is 2.21 bits per heavy atom. The third kappa shape index (κ3) is 1.71. The molecular formula is C8H3F3N2O. The molecule has 0 atom stereocenters. The summed E-state index contributed by atoms with van der Waals surface area (Å²) in [6.45, 7) is 0. The molecule has 0 bridgehead atoms. The fourth-order valence-corrected chi connectivity index (χ4v) is 0.867. The van der Waals surface area contributed by atoms with Crippen molar-refractivity contribution in [2.75, 3.05) is 0 Å². The number of aldehydes is 1. The topological polar surface area (TPSA) is 53.8 Å². The van der Waals surface area contributed by atoms with Crippen LogP contribution in [0.2, 0.25) is 0 Å². The number of aromatic nitrogens is 1. The van der Waals surface area contributed by atoms with Crippen molar-refractivity contribution in [1.29, 1.82) is 5.26 Å². The third-order valence-corrected chi connectivity index (χ3v) is 1.50. The van der Waals surface area contributed by atoms with Crippen molar-refractivity contribution in [1.82, 2.24) is 4.98 Å². The van der Waals surface area contributed by atoms with Gasteiger partial charge in [-0.3, -0.25) is 4.79 Å². The summed E-state index contributed by atoms with van der Waals surface area (Å²) < 4.78 is 37.2. The van der Waals surface area contributed by atoms with E-state index in [1.807, 2.05) is 0 Å². The lowest BCUT2D eigenvalue weighted by Crippen LogP contribution is -2.02. The molecule has 0 saturated carbocycles. The maximum atomic E-state index is 12.7. The monoisotopic (exact) mass is 200 g/mol. The summed E-state index contributed by atoms with van der Waals surface area (Å²) in [5.41, 5.74) is -2.03. The molecule has 0 saturated heterocycles. The van der Waals surface area contributed by atoms with Crippen molar-refractivity contribution >= 4 is 6.29 Å². The zero-order valence-electron chi connectivity index (χ0n) is 6.67. The molecule has 1 aromatic rings. The van der Waals surface area contributed by atoms with Gasteiger partial charge in [0.25, 0.3) is 6.43 Å². The molecule has 6 heteroatoms. The summed E-state index contributed by atoms with van der Waals surface area (Å²) in [6, 6.07) is 1.98. The van der Waals surface area contributed by atoms with Crippen molar-refractivity contribution in [3.05, 3.63) is 28.8 Å². The highest BCUT2D eigenvalue weighted by Gasteiger charge is 2.17. The van der Waals surface area contributed by atoms with Gasteiger partial charge >= 0.3 is 0 Å². The molecule has 0 aliphatic rings. The Morgan fingerprint density at radius 3 is 2.64 bits per heavy atom. The predicted molar refractivity (Wildman–Crippen MR) is 39.3 cm³/mol. The highest BCUT2D eigenvalue weighted by Crippen LogP contribution is 2.22. The fraction of sp³-hybridized carbons (Fsp3) is 0.125. The van der Waals surface area contributed by atoms with Crippen molar-refractivity contribution < 1.29 is 18.0 Å². The second kappa shape index (κ2) is 3.87. The Bertz CT molecular complexity index is 412. The number of pyridine rings is 1. The molecule has 1 aromatic heterocycles. The van der Waals surface area contributed by atoms with Gasteiger partial charge in [-0.25, -0.2) is 13.8 Å². The summed E-state index contributed by atoms with van der Waals surface area (Å²) in [7, 11) is 0. The molecule has 1 heterocycles. The van der Waals surface area contributed by atoms with E-state index in [9.17, 15) is 18.0 Å². The van der Waals surface area contributed by atoms with Crippen LogP contribution in [-0.4, -0.2) is 11.3 Å². The van der Waals surface area contributed by atoms with Crippen molar-refractivity contribution in [3.8, 4) is 6.07 Å². The van der Waals surface area contributed by atoms with Gasteiger partial charge in [-0.1, -0.05) is 0 Å². The normalized spacial score (nSPS) is 9.93. The van der Waals surface area contributed by atoms with E-state index in [4.69, 9.17) is 5.26 Å². The van der Waals surface area contributed by atoms with Gasteiger partial charge in [0.05, 0.1) is 0 Å². The fourth-order valence-electron chi connectivity index (χ4n) is 0.867. The lowest BCUT2D eigenvalue weighted by atomic mass is 10.1. The van der Waals surface area contributed by atoms with Gasteiger partial charge in [0.15, 0.2) is 6.29 Å². The molecular weight excluding hydrogens is 197 g/mol. The highest BCUT2D eigenvalue weighted by atomic mass is 19.3. The number of hydrogen-bond acceptors (Lipinski definition) is 3. The van der Waals surface area contributed by atoms with Gasteiger partial charge in [0.2, 0.25) is 5.95 Å². The smallest absolute Gasteiger partial charge is 0.266 e. The van der Waals surface area contributed by atoms with Crippen LogP contribution < -0.4 is 0 Å². The van der Waals surface area contributed by atoms with Crippen LogP contribution in [0.25, 0.3) is 0 Å². The minimum atomic E-state index is -2.96. The SMILES string of the molecule is N#Cc1cc(C(F)F)c(C=O)nc1F. The predicted octanol–water partition coefficient (Wildman–Crippen LogP) is 1.84. The molecule has 0 aromatic carbocycles. The number of halogens is 3. The van der Waals surface area contributed by atoms with Crippen LogP contribution in [0.4, 0.5) is 13.2 Å². The van der Waals surface area contributed by atoms with Crippen LogP contribution >= 0.6 is 0 Å². The first kappa shape index (κ1) is 10.2. The van der Waals surface area contributed by atoms with Crippen molar-refractivity contribution in [2.45, 2.75) is 6.43 Å². The highest BCUT2D eigenvalue weighted by molar-refractivity contribution is 5.74. The Kier molecular flexibility index (Phi) is 2.82. The number of alkyl halides is 2. The first-order chi connectivity index (χ1) is 6.60. The number of nitriles is 1. The summed E-state index contributed by atoms with van der Waals surface area (Å²) in [6.07, 6.45) is -2.94. The van der Waals surface area contributed by atoms with Crippen molar-refractivity contribution in [3.63, 3.8) is 0 Å². The summed E-state index contributed by atoms with van der Waals surface area (Å²) in [5, 5.41) is 8.33. The molecule has 0 radical (unpaired) electrons. The van der Waals surface area contributed by atoms with Crippen LogP contribution in [0, 0.1) is 17.3 Å².